The van der Waals surface area contributed by atoms with Crippen LogP contribution in [0.25, 0.3) is 0 Å². The third-order valence-electron chi connectivity index (χ3n) is 2.49. The van der Waals surface area contributed by atoms with E-state index in [0.29, 0.717) is 0 Å². The fourth-order valence-electron chi connectivity index (χ4n) is 1.37. The first kappa shape index (κ1) is 16.7. The number of hydrogen-bond donors (Lipinski definition) is 0. The van der Waals surface area contributed by atoms with Crippen molar-refractivity contribution in [2.24, 2.45) is 5.92 Å². The number of para-hydroxylation sites is 1. The molecule has 0 spiro atoms. The van der Waals surface area contributed by atoms with Crippen molar-refractivity contribution in [2.45, 2.75) is 46.5 Å². The molecule has 0 aliphatic heterocycles. The van der Waals surface area contributed by atoms with Gasteiger partial charge in [-0.1, -0.05) is 51.8 Å². The molecule has 2 heteroatoms. The van der Waals surface area contributed by atoms with E-state index in [2.05, 4.69) is 13.8 Å². The zero-order valence-electron chi connectivity index (χ0n) is 11.9. The molecule has 102 valence electrons. The molecule has 0 N–H and O–H groups in total. The number of rotatable bonds is 7. The Morgan fingerprint density at radius 1 is 1.17 bits per heavy atom. The van der Waals surface area contributed by atoms with E-state index in [1.54, 1.807) is 0 Å². The van der Waals surface area contributed by atoms with E-state index in [-0.39, 0.29) is 5.92 Å². The summed E-state index contributed by atoms with van der Waals surface area (Å²) < 4.78 is 5.45. The highest BCUT2D eigenvalue weighted by molar-refractivity contribution is 5.52. The highest BCUT2D eigenvalue weighted by Crippen LogP contribution is 2.08. The maximum atomic E-state index is 9.89. The van der Waals surface area contributed by atoms with Crippen LogP contribution in [0.15, 0.2) is 30.3 Å². The Labute approximate surface area is 111 Å². The zero-order chi connectivity index (χ0) is 13.6. The van der Waals surface area contributed by atoms with Gasteiger partial charge in [0, 0.05) is 5.92 Å². The Kier molecular flexibility index (Phi) is 11.3. The third kappa shape index (κ3) is 9.88. The van der Waals surface area contributed by atoms with Gasteiger partial charge < -0.3 is 9.53 Å². The molecule has 1 rings (SSSR count). The Morgan fingerprint density at radius 2 is 1.83 bits per heavy atom. The summed E-state index contributed by atoms with van der Waals surface area (Å²) in [5, 5.41) is 0. The van der Waals surface area contributed by atoms with Gasteiger partial charge in [-0.2, -0.15) is 0 Å². The minimum atomic E-state index is 0.269. The van der Waals surface area contributed by atoms with Crippen LogP contribution in [0.3, 0.4) is 0 Å². The summed E-state index contributed by atoms with van der Waals surface area (Å²) in [5.41, 5.74) is 0. The van der Waals surface area contributed by atoms with Crippen molar-refractivity contribution in [3.63, 3.8) is 0 Å². The summed E-state index contributed by atoms with van der Waals surface area (Å²) >= 11 is 0. The molecule has 1 atom stereocenters. The summed E-state index contributed by atoms with van der Waals surface area (Å²) in [6, 6.07) is 9.93. The quantitative estimate of drug-likeness (QED) is 0.526. The number of hydrogen-bond acceptors (Lipinski definition) is 2. The van der Waals surface area contributed by atoms with Gasteiger partial charge in [0.15, 0.2) is 0 Å². The monoisotopic (exact) mass is 250 g/mol. The standard InChI is InChI=1S/C10H14O.C6H12O/c1-2-3-9-11-10-7-5-4-6-8-10;1-3-4-6(2)5-7/h4-8H,2-3,9H2,1H3;5-6H,3-4H2,1-2H3. The summed E-state index contributed by atoms with van der Waals surface area (Å²) in [6.07, 6.45) is 5.47. The average Bonchev–Trinajstić information content (AvgIpc) is 2.41. The minimum Gasteiger partial charge on any atom is -0.494 e. The first-order valence-electron chi connectivity index (χ1n) is 6.87. The van der Waals surface area contributed by atoms with Gasteiger partial charge in [0.05, 0.1) is 6.61 Å². The molecule has 0 aromatic heterocycles. The van der Waals surface area contributed by atoms with Crippen molar-refractivity contribution in [3.05, 3.63) is 30.3 Å². The number of carbonyl (C=O) groups excluding carboxylic acids is 1. The first-order chi connectivity index (χ1) is 8.74. The Bertz CT molecular complexity index is 282. The number of ether oxygens (including phenoxy) is 1. The van der Waals surface area contributed by atoms with Gasteiger partial charge in [-0.3, -0.25) is 0 Å². The summed E-state index contributed by atoms with van der Waals surface area (Å²) in [7, 11) is 0. The highest BCUT2D eigenvalue weighted by atomic mass is 16.5. The van der Waals surface area contributed by atoms with Crippen LogP contribution in [0.2, 0.25) is 0 Å². The molecule has 0 fully saturated rings. The number of unbranched alkanes of at least 4 members (excludes halogenated alkanes) is 1. The maximum Gasteiger partial charge on any atom is 0.122 e. The number of aldehydes is 1. The van der Waals surface area contributed by atoms with Crippen LogP contribution in [-0.2, 0) is 4.79 Å². The van der Waals surface area contributed by atoms with Crippen molar-refractivity contribution < 1.29 is 9.53 Å². The van der Waals surface area contributed by atoms with E-state index >= 15 is 0 Å². The molecule has 1 unspecified atom stereocenters. The van der Waals surface area contributed by atoms with Crippen molar-refractivity contribution in [2.75, 3.05) is 6.61 Å². The largest absolute Gasteiger partial charge is 0.494 e. The topological polar surface area (TPSA) is 26.3 Å². The molecule has 18 heavy (non-hydrogen) atoms. The first-order valence-corrected chi connectivity index (χ1v) is 6.87. The predicted octanol–water partition coefficient (Wildman–Crippen LogP) is 4.49. The van der Waals surface area contributed by atoms with Gasteiger partial charge >= 0.3 is 0 Å². The van der Waals surface area contributed by atoms with Gasteiger partial charge in [0.1, 0.15) is 12.0 Å². The van der Waals surface area contributed by atoms with Gasteiger partial charge in [-0.05, 0) is 25.0 Å². The average molecular weight is 250 g/mol. The fraction of sp³-hybridized carbons (Fsp3) is 0.562. The molecular weight excluding hydrogens is 224 g/mol. The van der Waals surface area contributed by atoms with E-state index in [1.165, 1.54) is 6.42 Å². The van der Waals surface area contributed by atoms with Crippen molar-refractivity contribution >= 4 is 6.29 Å². The van der Waals surface area contributed by atoms with Gasteiger partial charge in [0.25, 0.3) is 0 Å². The van der Waals surface area contributed by atoms with Crippen LogP contribution in [0.5, 0.6) is 5.75 Å². The minimum absolute atomic E-state index is 0.269. The molecule has 0 aliphatic carbocycles. The Hall–Kier alpha value is -1.31. The molecule has 0 aliphatic rings. The zero-order valence-corrected chi connectivity index (χ0v) is 11.9. The highest BCUT2D eigenvalue weighted by Gasteiger charge is 1.93. The molecule has 0 bridgehead atoms. The second-order valence-electron chi connectivity index (χ2n) is 4.42. The second kappa shape index (κ2) is 12.2. The van der Waals surface area contributed by atoms with Crippen LogP contribution in [0, 0.1) is 5.92 Å². The lowest BCUT2D eigenvalue weighted by atomic mass is 10.1. The van der Waals surface area contributed by atoms with Crippen molar-refractivity contribution in [3.8, 4) is 5.75 Å². The smallest absolute Gasteiger partial charge is 0.122 e. The molecule has 0 amide bonds. The fourth-order valence-corrected chi connectivity index (χ4v) is 1.37. The van der Waals surface area contributed by atoms with Gasteiger partial charge in [-0.15, -0.1) is 0 Å². The lowest BCUT2D eigenvalue weighted by Crippen LogP contribution is -1.95. The molecule has 0 radical (unpaired) electrons. The Balaban J connectivity index is 0.000000360. The van der Waals surface area contributed by atoms with E-state index in [1.807, 2.05) is 37.3 Å². The van der Waals surface area contributed by atoms with Gasteiger partial charge in [0.2, 0.25) is 0 Å². The van der Waals surface area contributed by atoms with Crippen LogP contribution in [0.4, 0.5) is 0 Å². The van der Waals surface area contributed by atoms with Crippen LogP contribution in [-0.4, -0.2) is 12.9 Å². The molecule has 0 heterocycles. The van der Waals surface area contributed by atoms with Crippen molar-refractivity contribution in [1.29, 1.82) is 0 Å². The molecule has 0 saturated heterocycles. The summed E-state index contributed by atoms with van der Waals surface area (Å²) in [4.78, 5) is 9.89. The summed E-state index contributed by atoms with van der Waals surface area (Å²) in [6.45, 7) is 7.02. The number of carbonyl (C=O) groups is 1. The molecule has 1 aromatic rings. The van der Waals surface area contributed by atoms with E-state index in [4.69, 9.17) is 4.74 Å². The lowest BCUT2D eigenvalue weighted by Gasteiger charge is -2.03. The van der Waals surface area contributed by atoms with Gasteiger partial charge in [-0.25, -0.2) is 0 Å². The SMILES string of the molecule is CCCC(C)C=O.CCCCOc1ccccc1. The molecular formula is C16H26O2. The van der Waals surface area contributed by atoms with Crippen LogP contribution in [0.1, 0.15) is 46.5 Å². The number of benzene rings is 1. The maximum absolute atomic E-state index is 9.89. The normalized spacial score (nSPS) is 11.1. The van der Waals surface area contributed by atoms with E-state index in [9.17, 15) is 4.79 Å². The molecule has 2 nitrogen and oxygen atoms in total. The summed E-state index contributed by atoms with van der Waals surface area (Å²) in [5.74, 6) is 1.24. The molecule has 1 aromatic carbocycles. The Morgan fingerprint density at radius 3 is 2.28 bits per heavy atom. The predicted molar refractivity (Wildman–Crippen MR) is 77.0 cm³/mol. The molecule has 0 saturated carbocycles. The third-order valence-corrected chi connectivity index (χ3v) is 2.49. The van der Waals surface area contributed by atoms with Crippen LogP contribution >= 0.6 is 0 Å². The van der Waals surface area contributed by atoms with E-state index in [0.717, 1.165) is 37.9 Å². The van der Waals surface area contributed by atoms with Crippen molar-refractivity contribution in [1.82, 2.24) is 0 Å². The lowest BCUT2D eigenvalue weighted by molar-refractivity contribution is -0.110. The van der Waals surface area contributed by atoms with Crippen LogP contribution < -0.4 is 4.74 Å². The van der Waals surface area contributed by atoms with E-state index < -0.39 is 0 Å². The second-order valence-corrected chi connectivity index (χ2v) is 4.42.